The first-order valence-electron chi connectivity index (χ1n) is 12.1. The van der Waals surface area contributed by atoms with Gasteiger partial charge in [-0.05, 0) is 98.1 Å². The Hall–Kier alpha value is -3.09. The number of carbonyl (C=O) groups excluding carboxylic acids is 2. The summed E-state index contributed by atoms with van der Waals surface area (Å²) in [6, 6.07) is 8.58. The average molecular weight is 464 g/mol. The lowest BCUT2D eigenvalue weighted by Gasteiger charge is -2.49. The number of amides is 1. The van der Waals surface area contributed by atoms with Crippen molar-refractivity contribution in [2.24, 2.45) is 23.2 Å². The lowest BCUT2D eigenvalue weighted by molar-refractivity contribution is -0.127. The van der Waals surface area contributed by atoms with Gasteiger partial charge in [-0.15, -0.1) is 5.10 Å². The molecule has 178 valence electrons. The summed E-state index contributed by atoms with van der Waals surface area (Å²) in [6.45, 7) is 3.86. The molecular formula is C27H30FN3O3. The second-order valence-corrected chi connectivity index (χ2v) is 10.3. The molecule has 3 aliphatic carbocycles. The minimum Gasteiger partial charge on any atom is -0.515 e. The molecule has 1 heterocycles. The highest BCUT2D eigenvalue weighted by Gasteiger charge is 2.60. The van der Waals surface area contributed by atoms with Crippen molar-refractivity contribution in [2.45, 2.75) is 58.3 Å². The van der Waals surface area contributed by atoms with Crippen LogP contribution in [0.2, 0.25) is 0 Å². The van der Waals surface area contributed by atoms with E-state index in [2.05, 4.69) is 15.5 Å². The molecule has 3 aliphatic rings. The zero-order valence-corrected chi connectivity index (χ0v) is 19.6. The van der Waals surface area contributed by atoms with Crippen molar-refractivity contribution in [3.05, 3.63) is 64.8 Å². The monoisotopic (exact) mass is 463 g/mol. The molecule has 1 aromatic heterocycles. The van der Waals surface area contributed by atoms with E-state index in [4.69, 9.17) is 0 Å². The van der Waals surface area contributed by atoms with Crippen molar-refractivity contribution in [2.75, 3.05) is 5.32 Å². The number of hydrogen-bond acceptors (Lipinski definition) is 5. The van der Waals surface area contributed by atoms with E-state index in [1.54, 1.807) is 18.2 Å². The summed E-state index contributed by atoms with van der Waals surface area (Å²) in [6.07, 6.45) is 4.94. The number of anilines is 1. The Morgan fingerprint density at radius 2 is 2.09 bits per heavy atom. The topological polar surface area (TPSA) is 92.2 Å². The molecule has 1 aromatic carbocycles. The fraction of sp³-hybridized carbons (Fsp3) is 0.481. The summed E-state index contributed by atoms with van der Waals surface area (Å²) in [5, 5.41) is 20.8. The van der Waals surface area contributed by atoms with Crippen LogP contribution in [-0.4, -0.2) is 27.0 Å². The maximum Gasteiger partial charge on any atom is 0.225 e. The first-order valence-corrected chi connectivity index (χ1v) is 12.1. The van der Waals surface area contributed by atoms with E-state index in [1.807, 2.05) is 19.9 Å². The number of nitrogens with zero attached hydrogens (tertiary/aromatic N) is 2. The standard InChI is InChI=1S/C27H30FN3O3/c1-15-3-9-23(31-30-15)29-24(33)10-8-21-22(14-32)26(34)27(2)12-11-19-18-7-5-17(28)13-16(18)4-6-20(19)25(21)27/h3,5,7,9,13-14,19-21,25,32H,4,6,8,10-12H2,1-2H3,(H,29,31,33)/b22-14-/t19?,20?,21-,25?,27+/m1/s1. The Labute approximate surface area is 198 Å². The van der Waals surface area contributed by atoms with Crippen LogP contribution in [-0.2, 0) is 16.0 Å². The van der Waals surface area contributed by atoms with E-state index < -0.39 is 5.41 Å². The number of aliphatic hydroxyl groups excluding tert-OH is 1. The summed E-state index contributed by atoms with van der Waals surface area (Å²) in [4.78, 5) is 26.1. The summed E-state index contributed by atoms with van der Waals surface area (Å²) in [5.74, 6) is 0.402. The minimum absolute atomic E-state index is 0.0122. The third-order valence-corrected chi connectivity index (χ3v) is 8.44. The molecule has 7 heteroatoms. The molecule has 5 rings (SSSR count). The molecule has 0 radical (unpaired) electrons. The first kappa shape index (κ1) is 22.7. The van der Waals surface area contributed by atoms with E-state index in [0.29, 0.717) is 17.8 Å². The lowest BCUT2D eigenvalue weighted by atomic mass is 9.54. The second kappa shape index (κ2) is 8.60. The molecule has 34 heavy (non-hydrogen) atoms. The highest BCUT2D eigenvalue weighted by atomic mass is 19.1. The number of carbonyl (C=O) groups is 2. The highest BCUT2D eigenvalue weighted by Crippen LogP contribution is 2.63. The van der Waals surface area contributed by atoms with Crippen molar-refractivity contribution < 1.29 is 19.1 Å². The van der Waals surface area contributed by atoms with E-state index in [9.17, 15) is 19.1 Å². The minimum atomic E-state index is -0.545. The molecule has 3 unspecified atom stereocenters. The Kier molecular flexibility index (Phi) is 5.74. The van der Waals surface area contributed by atoms with Gasteiger partial charge in [-0.2, -0.15) is 5.10 Å². The largest absolute Gasteiger partial charge is 0.515 e. The van der Waals surface area contributed by atoms with E-state index >= 15 is 0 Å². The van der Waals surface area contributed by atoms with Crippen LogP contribution in [0.3, 0.4) is 0 Å². The van der Waals surface area contributed by atoms with Gasteiger partial charge in [0, 0.05) is 17.4 Å². The number of aryl methyl sites for hydroxylation is 2. The predicted octanol–water partition coefficient (Wildman–Crippen LogP) is 5.05. The second-order valence-electron chi connectivity index (χ2n) is 10.3. The number of allylic oxidation sites excluding steroid dienone is 1. The first-order chi connectivity index (χ1) is 16.3. The van der Waals surface area contributed by atoms with Gasteiger partial charge >= 0.3 is 0 Å². The van der Waals surface area contributed by atoms with Crippen LogP contribution in [0, 0.1) is 35.9 Å². The normalized spacial score (nSPS) is 31.0. The molecule has 2 aromatic rings. The van der Waals surface area contributed by atoms with Crippen LogP contribution in [0.5, 0.6) is 0 Å². The van der Waals surface area contributed by atoms with Crippen LogP contribution in [0.4, 0.5) is 10.2 Å². The van der Waals surface area contributed by atoms with Crippen molar-refractivity contribution in [3.8, 4) is 0 Å². The van der Waals surface area contributed by atoms with Gasteiger partial charge in [0.25, 0.3) is 0 Å². The average Bonchev–Trinajstić information content (AvgIpc) is 3.05. The van der Waals surface area contributed by atoms with E-state index in [-0.39, 0.29) is 47.6 Å². The number of aromatic nitrogens is 2. The third-order valence-electron chi connectivity index (χ3n) is 8.44. The van der Waals surface area contributed by atoms with Gasteiger partial charge < -0.3 is 10.4 Å². The molecule has 0 saturated heterocycles. The van der Waals surface area contributed by atoms with Gasteiger partial charge in [0.1, 0.15) is 5.82 Å². The number of halogens is 1. The van der Waals surface area contributed by atoms with E-state index in [1.165, 1.54) is 11.6 Å². The van der Waals surface area contributed by atoms with Crippen LogP contribution in [0.1, 0.15) is 61.8 Å². The van der Waals surface area contributed by atoms with E-state index in [0.717, 1.165) is 43.2 Å². The van der Waals surface area contributed by atoms with Crippen molar-refractivity contribution >= 4 is 17.5 Å². The number of hydrogen-bond donors (Lipinski definition) is 2. The van der Waals surface area contributed by atoms with Gasteiger partial charge in [0.05, 0.1) is 12.0 Å². The fourth-order valence-corrected chi connectivity index (χ4v) is 6.95. The molecule has 5 atom stereocenters. The zero-order chi connectivity index (χ0) is 24.0. The molecule has 0 aliphatic heterocycles. The number of aliphatic hydroxyl groups is 1. The number of benzene rings is 1. The van der Waals surface area contributed by atoms with Crippen molar-refractivity contribution in [1.82, 2.24) is 10.2 Å². The Bertz CT molecular complexity index is 1160. The molecule has 2 N–H and O–H groups in total. The zero-order valence-electron chi connectivity index (χ0n) is 19.6. The van der Waals surface area contributed by atoms with Gasteiger partial charge in [-0.25, -0.2) is 4.39 Å². The molecule has 0 spiro atoms. The van der Waals surface area contributed by atoms with Crippen LogP contribution in [0.15, 0.2) is 42.2 Å². The molecule has 6 nitrogen and oxygen atoms in total. The van der Waals surface area contributed by atoms with Crippen molar-refractivity contribution in [1.29, 1.82) is 0 Å². The van der Waals surface area contributed by atoms with Crippen molar-refractivity contribution in [3.63, 3.8) is 0 Å². The van der Waals surface area contributed by atoms with Crippen LogP contribution >= 0.6 is 0 Å². The quantitative estimate of drug-likeness (QED) is 0.489. The third kappa shape index (κ3) is 3.71. The Morgan fingerprint density at radius 1 is 1.26 bits per heavy atom. The summed E-state index contributed by atoms with van der Waals surface area (Å²) in [5.41, 5.74) is 2.94. The summed E-state index contributed by atoms with van der Waals surface area (Å²) < 4.78 is 13.8. The summed E-state index contributed by atoms with van der Waals surface area (Å²) >= 11 is 0. The SMILES string of the molecule is Cc1ccc(NC(=O)CC[C@@H]2/C(=C/O)C(=O)[C@@]3(C)CCC4c5ccc(F)cc5CCC4C23)nn1. The Morgan fingerprint density at radius 3 is 2.82 bits per heavy atom. The highest BCUT2D eigenvalue weighted by molar-refractivity contribution is 6.03. The number of rotatable bonds is 4. The van der Waals surface area contributed by atoms with Crippen LogP contribution < -0.4 is 5.32 Å². The predicted molar refractivity (Wildman–Crippen MR) is 126 cm³/mol. The summed E-state index contributed by atoms with van der Waals surface area (Å²) in [7, 11) is 0. The fourth-order valence-electron chi connectivity index (χ4n) is 6.95. The molecule has 2 saturated carbocycles. The van der Waals surface area contributed by atoms with Gasteiger partial charge in [0.2, 0.25) is 5.91 Å². The number of fused-ring (bicyclic) bond motifs is 5. The van der Waals surface area contributed by atoms with Gasteiger partial charge in [-0.3, -0.25) is 9.59 Å². The molecular weight excluding hydrogens is 433 g/mol. The maximum atomic E-state index is 13.8. The number of Topliss-reactive ketones (excluding diaryl/α,β-unsaturated/α-hetero) is 1. The lowest BCUT2D eigenvalue weighted by Crippen LogP contribution is -2.44. The smallest absolute Gasteiger partial charge is 0.225 e. The number of nitrogens with one attached hydrogen (secondary N) is 1. The number of ketones is 1. The molecule has 1 amide bonds. The van der Waals surface area contributed by atoms with Gasteiger partial charge in [0.15, 0.2) is 11.6 Å². The molecule has 2 fully saturated rings. The van der Waals surface area contributed by atoms with Gasteiger partial charge in [-0.1, -0.05) is 13.0 Å². The Balaban J connectivity index is 1.39. The molecule has 0 bridgehead atoms. The maximum absolute atomic E-state index is 13.8. The van der Waals surface area contributed by atoms with Crippen LogP contribution in [0.25, 0.3) is 0 Å².